The molecule has 4 N–H and O–H groups in total. The van der Waals surface area contributed by atoms with Crippen LogP contribution in [-0.4, -0.2) is 36.7 Å². The number of amidine groups is 1. The van der Waals surface area contributed by atoms with E-state index in [1.807, 2.05) is 0 Å². The van der Waals surface area contributed by atoms with E-state index in [1.54, 1.807) is 0 Å². The van der Waals surface area contributed by atoms with E-state index in [0.29, 0.717) is 31.9 Å². The first-order chi connectivity index (χ1) is 9.06. The summed E-state index contributed by atoms with van der Waals surface area (Å²) in [6.07, 6.45) is 3.05. The van der Waals surface area contributed by atoms with Gasteiger partial charge in [-0.2, -0.15) is 0 Å². The number of hydrogen-bond acceptors (Lipinski definition) is 4. The number of carbonyl (C=O) groups excluding carboxylic acids is 1. The van der Waals surface area contributed by atoms with Crippen LogP contribution in [0.25, 0.3) is 0 Å². The summed E-state index contributed by atoms with van der Waals surface area (Å²) in [4.78, 5) is 12.2. The Balaban J connectivity index is 2.34. The molecule has 1 rings (SSSR count). The van der Waals surface area contributed by atoms with Gasteiger partial charge in [-0.05, 0) is 31.6 Å². The highest BCUT2D eigenvalue weighted by molar-refractivity contribution is 6.07. The molecule has 0 aromatic rings. The molecule has 1 aliphatic rings. The minimum absolute atomic E-state index is 0.0188. The number of nitrogens with two attached hydrogens (primary N) is 1. The van der Waals surface area contributed by atoms with Crippen molar-refractivity contribution in [3.05, 3.63) is 0 Å². The smallest absolute Gasteiger partial charge is 0.233 e. The fraction of sp³-hybridized carbons (Fsp3) is 0.846. The van der Waals surface area contributed by atoms with E-state index in [2.05, 4.69) is 24.3 Å². The van der Waals surface area contributed by atoms with E-state index in [4.69, 9.17) is 15.7 Å². The van der Waals surface area contributed by atoms with Crippen LogP contribution in [0.15, 0.2) is 5.16 Å². The zero-order valence-electron chi connectivity index (χ0n) is 11.8. The van der Waals surface area contributed by atoms with E-state index in [1.165, 1.54) is 0 Å². The second kappa shape index (κ2) is 7.33. The van der Waals surface area contributed by atoms with Gasteiger partial charge in [0.1, 0.15) is 5.41 Å². The molecule has 1 aliphatic carbocycles. The standard InChI is InChI=1S/C13H25N3O3/c1-3-6-19-7-4-5-15-12(17)13(11(14)16-18)8-10(2)9-13/h10,18H,3-9H2,1-2H3,(H2,14,16)(H,15,17). The molecule has 1 amide bonds. The van der Waals surface area contributed by atoms with E-state index >= 15 is 0 Å². The van der Waals surface area contributed by atoms with Gasteiger partial charge in [-0.15, -0.1) is 0 Å². The summed E-state index contributed by atoms with van der Waals surface area (Å²) in [5, 5.41) is 14.7. The molecule has 0 heterocycles. The molecule has 0 aliphatic heterocycles. The Hall–Kier alpha value is -1.30. The lowest BCUT2D eigenvalue weighted by Crippen LogP contribution is -2.56. The minimum Gasteiger partial charge on any atom is -0.409 e. The van der Waals surface area contributed by atoms with Gasteiger partial charge in [0.05, 0.1) is 0 Å². The fourth-order valence-corrected chi connectivity index (χ4v) is 2.53. The second-order valence-electron chi connectivity index (χ2n) is 5.30. The second-order valence-corrected chi connectivity index (χ2v) is 5.30. The SMILES string of the molecule is CCCOCCCNC(=O)C1(C(N)=NO)CC(C)C1. The topological polar surface area (TPSA) is 96.9 Å². The molecular weight excluding hydrogens is 246 g/mol. The number of carbonyl (C=O) groups is 1. The molecule has 0 aromatic carbocycles. The van der Waals surface area contributed by atoms with Crippen molar-refractivity contribution in [3.63, 3.8) is 0 Å². The molecule has 0 bridgehead atoms. The maximum atomic E-state index is 12.2. The number of hydrogen-bond donors (Lipinski definition) is 3. The number of oxime groups is 1. The average molecular weight is 271 g/mol. The van der Waals surface area contributed by atoms with Crippen molar-refractivity contribution in [1.82, 2.24) is 5.32 Å². The predicted molar refractivity (Wildman–Crippen MR) is 73.0 cm³/mol. The van der Waals surface area contributed by atoms with Gasteiger partial charge in [0.2, 0.25) is 5.91 Å². The molecule has 1 saturated carbocycles. The molecule has 1 fully saturated rings. The molecule has 110 valence electrons. The van der Waals surface area contributed by atoms with Crippen LogP contribution in [0, 0.1) is 11.3 Å². The third kappa shape index (κ3) is 3.83. The lowest BCUT2D eigenvalue weighted by atomic mass is 9.61. The summed E-state index contributed by atoms with van der Waals surface area (Å²) < 4.78 is 5.34. The Labute approximate surface area is 114 Å². The minimum atomic E-state index is -0.807. The highest BCUT2D eigenvalue weighted by Crippen LogP contribution is 2.45. The summed E-state index contributed by atoms with van der Waals surface area (Å²) in [7, 11) is 0. The van der Waals surface area contributed by atoms with Crippen molar-refractivity contribution in [2.75, 3.05) is 19.8 Å². The maximum Gasteiger partial charge on any atom is 0.233 e. The van der Waals surface area contributed by atoms with Crippen LogP contribution in [0.2, 0.25) is 0 Å². The van der Waals surface area contributed by atoms with E-state index in [0.717, 1.165) is 19.4 Å². The van der Waals surface area contributed by atoms with Crippen LogP contribution >= 0.6 is 0 Å². The third-order valence-electron chi connectivity index (χ3n) is 3.53. The first-order valence-corrected chi connectivity index (χ1v) is 6.91. The van der Waals surface area contributed by atoms with Crippen LogP contribution in [0.1, 0.15) is 39.5 Å². The average Bonchev–Trinajstić information content (AvgIpc) is 2.37. The molecule has 6 nitrogen and oxygen atoms in total. The summed E-state index contributed by atoms with van der Waals surface area (Å²) in [5.74, 6) is 0.306. The predicted octanol–water partition coefficient (Wildman–Crippen LogP) is 1.08. The Kier molecular flexibility index (Phi) is 6.08. The first-order valence-electron chi connectivity index (χ1n) is 6.91. The quantitative estimate of drug-likeness (QED) is 0.202. The van der Waals surface area contributed by atoms with Crippen molar-refractivity contribution in [1.29, 1.82) is 0 Å². The number of amides is 1. The lowest BCUT2D eigenvalue weighted by molar-refractivity contribution is -0.133. The van der Waals surface area contributed by atoms with Gasteiger partial charge >= 0.3 is 0 Å². The molecule has 0 spiro atoms. The normalized spacial score (nSPS) is 26.8. The monoisotopic (exact) mass is 271 g/mol. The highest BCUT2D eigenvalue weighted by atomic mass is 16.5. The maximum absolute atomic E-state index is 12.2. The molecule has 19 heavy (non-hydrogen) atoms. The van der Waals surface area contributed by atoms with Crippen molar-refractivity contribution in [3.8, 4) is 0 Å². The fourth-order valence-electron chi connectivity index (χ4n) is 2.53. The molecular formula is C13H25N3O3. The van der Waals surface area contributed by atoms with E-state index in [9.17, 15) is 4.79 Å². The molecule has 0 saturated heterocycles. The van der Waals surface area contributed by atoms with Crippen molar-refractivity contribution >= 4 is 11.7 Å². The third-order valence-corrected chi connectivity index (χ3v) is 3.53. The highest BCUT2D eigenvalue weighted by Gasteiger charge is 2.51. The number of rotatable bonds is 8. The van der Waals surface area contributed by atoms with Crippen molar-refractivity contribution in [2.24, 2.45) is 22.2 Å². The largest absolute Gasteiger partial charge is 0.409 e. The molecule has 0 atom stereocenters. The van der Waals surface area contributed by atoms with Crippen LogP contribution < -0.4 is 11.1 Å². The van der Waals surface area contributed by atoms with Crippen LogP contribution in [0.5, 0.6) is 0 Å². The molecule has 0 radical (unpaired) electrons. The van der Waals surface area contributed by atoms with Gasteiger partial charge < -0.3 is 21.0 Å². The first kappa shape index (κ1) is 15.8. The van der Waals surface area contributed by atoms with Gasteiger partial charge in [-0.25, -0.2) is 0 Å². The Morgan fingerprint density at radius 3 is 2.74 bits per heavy atom. The lowest BCUT2D eigenvalue weighted by Gasteiger charge is -2.43. The van der Waals surface area contributed by atoms with Crippen LogP contribution in [0.3, 0.4) is 0 Å². The van der Waals surface area contributed by atoms with Crippen LogP contribution in [-0.2, 0) is 9.53 Å². The Morgan fingerprint density at radius 2 is 2.21 bits per heavy atom. The number of nitrogens with one attached hydrogen (secondary N) is 1. The van der Waals surface area contributed by atoms with Gasteiger partial charge in [0, 0.05) is 19.8 Å². The van der Waals surface area contributed by atoms with Crippen molar-refractivity contribution < 1.29 is 14.7 Å². The van der Waals surface area contributed by atoms with Gasteiger partial charge in [-0.3, -0.25) is 4.79 Å². The Bertz CT molecular complexity index is 325. The summed E-state index contributed by atoms with van der Waals surface area (Å²) >= 11 is 0. The number of ether oxygens (including phenoxy) is 1. The van der Waals surface area contributed by atoms with Crippen molar-refractivity contribution in [2.45, 2.75) is 39.5 Å². The van der Waals surface area contributed by atoms with E-state index in [-0.39, 0.29) is 11.7 Å². The number of nitrogens with zero attached hydrogens (tertiary/aromatic N) is 1. The van der Waals surface area contributed by atoms with Crippen LogP contribution in [0.4, 0.5) is 0 Å². The zero-order valence-corrected chi connectivity index (χ0v) is 11.8. The summed E-state index contributed by atoms with van der Waals surface area (Å²) in [6.45, 7) is 6.05. The Morgan fingerprint density at radius 1 is 1.53 bits per heavy atom. The van der Waals surface area contributed by atoms with Gasteiger partial charge in [0.25, 0.3) is 0 Å². The summed E-state index contributed by atoms with van der Waals surface area (Å²) in [6, 6.07) is 0. The molecule has 0 unspecified atom stereocenters. The molecule has 0 aromatic heterocycles. The molecule has 6 heteroatoms. The zero-order chi connectivity index (χ0) is 14.3. The van der Waals surface area contributed by atoms with E-state index < -0.39 is 5.41 Å². The van der Waals surface area contributed by atoms with Gasteiger partial charge in [0.15, 0.2) is 5.84 Å². The van der Waals surface area contributed by atoms with Gasteiger partial charge in [-0.1, -0.05) is 19.0 Å². The summed E-state index contributed by atoms with van der Waals surface area (Å²) in [5.41, 5.74) is 4.85.